The Labute approximate surface area is 113 Å². The maximum absolute atomic E-state index is 11.9. The summed E-state index contributed by atoms with van der Waals surface area (Å²) in [6.45, 7) is 0.943. The minimum absolute atomic E-state index is 0. The first kappa shape index (κ1) is 14.1. The number of nitrogens with zero attached hydrogens (tertiary/aromatic N) is 1. The Morgan fingerprint density at radius 1 is 1.18 bits per heavy atom. The first-order chi connectivity index (χ1) is 7.68. The molecule has 17 heavy (non-hydrogen) atoms. The Kier molecular flexibility index (Phi) is 5.09. The van der Waals surface area contributed by atoms with Crippen molar-refractivity contribution < 1.29 is 4.79 Å². The molecule has 0 saturated heterocycles. The van der Waals surface area contributed by atoms with Gasteiger partial charge in [0.2, 0.25) is 0 Å². The van der Waals surface area contributed by atoms with E-state index in [1.54, 1.807) is 6.08 Å². The number of ketones is 1. The lowest BCUT2D eigenvalue weighted by Gasteiger charge is -2.22. The molecule has 1 aromatic rings. The van der Waals surface area contributed by atoms with Crippen molar-refractivity contribution in [3.8, 4) is 0 Å². The number of allylic oxidation sites excluding steroid dienone is 1. The number of fused-ring (bicyclic) bond motifs is 1. The van der Waals surface area contributed by atoms with Crippen LogP contribution in [-0.4, -0.2) is 31.3 Å². The molecule has 2 rings (SSSR count). The lowest BCUT2D eigenvalue weighted by molar-refractivity contribution is -0.116. The molecule has 1 unspecified atom stereocenters. The molecule has 0 N–H and O–H groups in total. The molecule has 3 heteroatoms. The third kappa shape index (κ3) is 3.27. The first-order valence-corrected chi connectivity index (χ1v) is 5.64. The Bertz CT molecular complexity index is 426. The van der Waals surface area contributed by atoms with E-state index in [9.17, 15) is 4.79 Å². The van der Waals surface area contributed by atoms with Crippen LogP contribution in [0.5, 0.6) is 0 Å². The van der Waals surface area contributed by atoms with E-state index in [0.717, 1.165) is 13.0 Å². The average molecular weight is 296 g/mol. The predicted octanol–water partition coefficient (Wildman–Crippen LogP) is 2.90. The van der Waals surface area contributed by atoms with E-state index >= 15 is 0 Å². The Morgan fingerprint density at radius 2 is 1.88 bits per heavy atom. The van der Waals surface area contributed by atoms with Gasteiger partial charge in [0.15, 0.2) is 5.78 Å². The molecule has 0 aromatic heterocycles. The first-order valence-electron chi connectivity index (χ1n) is 5.64. The summed E-state index contributed by atoms with van der Waals surface area (Å²) in [5.74, 6) is 0.282. The molecule has 1 aliphatic rings. The maximum atomic E-state index is 11.9. The van der Waals surface area contributed by atoms with Crippen molar-refractivity contribution in [3.63, 3.8) is 0 Å². The fourth-order valence-corrected chi connectivity index (χ4v) is 2.11. The summed E-state index contributed by atoms with van der Waals surface area (Å²) in [6.07, 6.45) is 4.53. The number of rotatable bonds is 3. The number of carbonyl (C=O) groups excluding carboxylic acids is 1. The molecule has 0 spiro atoms. The van der Waals surface area contributed by atoms with E-state index in [-0.39, 0.29) is 28.7 Å². The minimum Gasteiger partial charge on any atom is -0.309 e. The molecule has 0 radical (unpaired) electrons. The zero-order chi connectivity index (χ0) is 11.5. The fourth-order valence-electron chi connectivity index (χ4n) is 2.11. The van der Waals surface area contributed by atoms with Gasteiger partial charge in [0, 0.05) is 5.92 Å². The molecule has 0 fully saturated rings. The molecular formula is C14H18BrNO. The van der Waals surface area contributed by atoms with Gasteiger partial charge in [-0.15, -0.1) is 17.0 Å². The molecule has 2 nitrogen and oxygen atoms in total. The Hall–Kier alpha value is -0.930. The van der Waals surface area contributed by atoms with Gasteiger partial charge in [-0.3, -0.25) is 4.79 Å². The van der Waals surface area contributed by atoms with Crippen molar-refractivity contribution in [2.24, 2.45) is 0 Å². The van der Waals surface area contributed by atoms with Crippen LogP contribution >= 0.6 is 17.0 Å². The van der Waals surface area contributed by atoms with Crippen LogP contribution in [0, 0.1) is 0 Å². The summed E-state index contributed by atoms with van der Waals surface area (Å²) in [5, 5.41) is 0. The Morgan fingerprint density at radius 3 is 2.59 bits per heavy atom. The molecule has 1 aliphatic carbocycles. The number of hydrogen-bond donors (Lipinski definition) is 0. The lowest BCUT2D eigenvalue weighted by atomic mass is 9.84. The second-order valence-corrected chi connectivity index (χ2v) is 4.51. The van der Waals surface area contributed by atoms with Crippen molar-refractivity contribution in [2.75, 3.05) is 20.6 Å². The number of carbonyl (C=O) groups is 1. The van der Waals surface area contributed by atoms with Gasteiger partial charge in [-0.2, -0.15) is 0 Å². The molecular weight excluding hydrogens is 278 g/mol. The third-order valence-corrected chi connectivity index (χ3v) is 3.01. The summed E-state index contributed by atoms with van der Waals surface area (Å²) >= 11 is 0. The van der Waals surface area contributed by atoms with E-state index in [2.05, 4.69) is 17.0 Å². The van der Waals surface area contributed by atoms with Crippen LogP contribution < -0.4 is 0 Å². The second-order valence-electron chi connectivity index (χ2n) is 4.51. The van der Waals surface area contributed by atoms with Crippen LogP contribution in [0.15, 0.2) is 30.3 Å². The molecule has 0 amide bonds. The van der Waals surface area contributed by atoms with Gasteiger partial charge in [-0.1, -0.05) is 30.3 Å². The quantitative estimate of drug-likeness (QED) is 0.855. The van der Waals surface area contributed by atoms with Crippen LogP contribution in [0.2, 0.25) is 0 Å². The van der Waals surface area contributed by atoms with Gasteiger partial charge in [-0.25, -0.2) is 0 Å². The predicted molar refractivity (Wildman–Crippen MR) is 76.7 cm³/mol. The van der Waals surface area contributed by atoms with Gasteiger partial charge >= 0.3 is 0 Å². The van der Waals surface area contributed by atoms with E-state index < -0.39 is 0 Å². The van der Waals surface area contributed by atoms with Crippen LogP contribution in [0.25, 0.3) is 6.08 Å². The van der Waals surface area contributed by atoms with Crippen LogP contribution in [-0.2, 0) is 4.79 Å². The van der Waals surface area contributed by atoms with Crippen molar-refractivity contribution >= 4 is 28.8 Å². The number of benzene rings is 1. The van der Waals surface area contributed by atoms with Crippen molar-refractivity contribution in [2.45, 2.75) is 12.3 Å². The van der Waals surface area contributed by atoms with Gasteiger partial charge in [0.05, 0.1) is 0 Å². The van der Waals surface area contributed by atoms with Crippen molar-refractivity contribution in [1.82, 2.24) is 4.90 Å². The fraction of sp³-hybridized carbons (Fsp3) is 0.357. The third-order valence-electron chi connectivity index (χ3n) is 3.01. The number of hydrogen-bond acceptors (Lipinski definition) is 2. The highest BCUT2D eigenvalue weighted by atomic mass is 79.9. The zero-order valence-electron chi connectivity index (χ0n) is 10.2. The topological polar surface area (TPSA) is 20.3 Å². The molecule has 0 saturated carbocycles. The summed E-state index contributed by atoms with van der Waals surface area (Å²) in [6, 6.07) is 8.16. The molecule has 92 valence electrons. The summed E-state index contributed by atoms with van der Waals surface area (Å²) in [5.41, 5.74) is 2.36. The maximum Gasteiger partial charge on any atom is 0.163 e. The monoisotopic (exact) mass is 295 g/mol. The highest BCUT2D eigenvalue weighted by Gasteiger charge is 2.23. The van der Waals surface area contributed by atoms with Gasteiger partial charge in [-0.05, 0) is 44.3 Å². The second kappa shape index (κ2) is 6.12. The molecule has 0 aliphatic heterocycles. The normalized spacial score (nSPS) is 17.8. The van der Waals surface area contributed by atoms with Gasteiger partial charge in [0.25, 0.3) is 0 Å². The SMILES string of the molecule is Br.CN(C)CCC1C(=O)C=Cc2ccccc21. The molecule has 1 atom stereocenters. The van der Waals surface area contributed by atoms with Crippen molar-refractivity contribution in [1.29, 1.82) is 0 Å². The smallest absolute Gasteiger partial charge is 0.163 e. The summed E-state index contributed by atoms with van der Waals surface area (Å²) in [4.78, 5) is 14.0. The zero-order valence-corrected chi connectivity index (χ0v) is 11.9. The minimum atomic E-state index is 0. The highest BCUT2D eigenvalue weighted by Crippen LogP contribution is 2.29. The van der Waals surface area contributed by atoms with E-state index in [1.807, 2.05) is 32.3 Å². The molecule has 0 bridgehead atoms. The molecule has 1 aromatic carbocycles. The highest BCUT2D eigenvalue weighted by molar-refractivity contribution is 8.93. The number of halogens is 1. The standard InChI is InChI=1S/C14H17NO.BrH/c1-15(2)10-9-13-12-6-4-3-5-11(12)7-8-14(13)16;/h3-8,13H,9-10H2,1-2H3;1H. The van der Waals surface area contributed by atoms with E-state index in [0.29, 0.717) is 0 Å². The van der Waals surface area contributed by atoms with Gasteiger partial charge < -0.3 is 4.90 Å². The van der Waals surface area contributed by atoms with Crippen LogP contribution in [0.4, 0.5) is 0 Å². The lowest BCUT2D eigenvalue weighted by Crippen LogP contribution is -2.21. The van der Waals surface area contributed by atoms with Gasteiger partial charge in [0.1, 0.15) is 0 Å². The van der Waals surface area contributed by atoms with Crippen molar-refractivity contribution in [3.05, 3.63) is 41.5 Å². The summed E-state index contributed by atoms with van der Waals surface area (Å²) in [7, 11) is 4.07. The molecule has 0 heterocycles. The van der Waals surface area contributed by atoms with Crippen LogP contribution in [0.3, 0.4) is 0 Å². The Balaban J connectivity index is 0.00000144. The average Bonchev–Trinajstić information content (AvgIpc) is 2.27. The largest absolute Gasteiger partial charge is 0.309 e. The summed E-state index contributed by atoms with van der Waals surface area (Å²) < 4.78 is 0. The van der Waals surface area contributed by atoms with E-state index in [4.69, 9.17) is 0 Å². The van der Waals surface area contributed by atoms with E-state index in [1.165, 1.54) is 11.1 Å². The van der Waals surface area contributed by atoms with Crippen LogP contribution in [0.1, 0.15) is 23.5 Å².